The van der Waals surface area contributed by atoms with Gasteiger partial charge in [-0.25, -0.2) is 0 Å². The number of likely N-dealkylation sites (tertiary alicyclic amines) is 1. The minimum absolute atomic E-state index is 0.193. The van der Waals surface area contributed by atoms with Crippen molar-refractivity contribution in [2.45, 2.75) is 38.2 Å². The monoisotopic (exact) mass is 430 g/mol. The topological polar surface area (TPSA) is 51.7 Å². The number of methoxy groups -OCH3 is 1. The molecule has 5 rings (SSSR count). The molecule has 2 saturated heterocycles. The first-order valence-electron chi connectivity index (χ1n) is 11.6. The molecule has 2 fully saturated rings. The fourth-order valence-electron chi connectivity index (χ4n) is 5.04. The largest absolute Gasteiger partial charge is 0.494 e. The van der Waals surface area contributed by atoms with Crippen LogP contribution in [-0.2, 0) is 16.0 Å². The molecule has 2 aromatic carbocycles. The number of pyridine rings is 1. The number of carbonyl (C=O) groups excluding carboxylic acids is 1. The molecule has 2 aliphatic heterocycles. The summed E-state index contributed by atoms with van der Waals surface area (Å²) in [7, 11) is 1.71. The van der Waals surface area contributed by atoms with E-state index in [0.717, 1.165) is 79.6 Å². The Hall–Kier alpha value is -2.92. The van der Waals surface area contributed by atoms with Crippen LogP contribution in [0.1, 0.15) is 31.2 Å². The van der Waals surface area contributed by atoms with Gasteiger partial charge in [0.1, 0.15) is 11.6 Å². The van der Waals surface area contributed by atoms with Crippen LogP contribution in [0.2, 0.25) is 0 Å². The molecule has 0 radical (unpaired) electrons. The van der Waals surface area contributed by atoms with E-state index in [1.807, 2.05) is 11.0 Å². The number of nitrogens with zero attached hydrogens (tertiary/aromatic N) is 2. The Morgan fingerprint density at radius 1 is 1.09 bits per heavy atom. The molecular formula is C27H30N2O3. The van der Waals surface area contributed by atoms with Crippen molar-refractivity contribution in [2.24, 2.45) is 5.92 Å². The van der Waals surface area contributed by atoms with Crippen LogP contribution in [0.3, 0.4) is 0 Å². The standard InChI is InChI=1S/C27H30N2O3/c1-31-26-23(11-10-22-4-2-14-28-25(22)26)21-8-6-19(7-9-21)18-20-12-15-29(16-13-20)27(30)24-5-3-17-32-24/h2,4,6-11,14,20,24H,3,5,12-13,15-18H2,1H3/t24-/m1/s1. The van der Waals surface area contributed by atoms with Gasteiger partial charge in [0.15, 0.2) is 5.75 Å². The number of fused-ring (bicyclic) bond motifs is 1. The molecule has 0 saturated carbocycles. The Kier molecular flexibility index (Phi) is 6.08. The van der Waals surface area contributed by atoms with Gasteiger partial charge in [-0.2, -0.15) is 0 Å². The molecule has 166 valence electrons. The Morgan fingerprint density at radius 3 is 2.62 bits per heavy atom. The van der Waals surface area contributed by atoms with Crippen LogP contribution in [0.25, 0.3) is 22.0 Å². The lowest BCUT2D eigenvalue weighted by Gasteiger charge is -2.33. The van der Waals surface area contributed by atoms with Gasteiger partial charge in [0.2, 0.25) is 0 Å². The minimum atomic E-state index is -0.193. The van der Waals surface area contributed by atoms with Crippen molar-refractivity contribution < 1.29 is 14.3 Å². The van der Waals surface area contributed by atoms with Crippen molar-refractivity contribution in [3.05, 3.63) is 60.3 Å². The first-order chi connectivity index (χ1) is 15.7. The van der Waals surface area contributed by atoms with Crippen molar-refractivity contribution >= 4 is 16.8 Å². The third-order valence-electron chi connectivity index (χ3n) is 6.85. The van der Waals surface area contributed by atoms with Gasteiger partial charge in [0, 0.05) is 36.8 Å². The fraction of sp³-hybridized carbons (Fsp3) is 0.407. The molecule has 0 N–H and O–H groups in total. The Labute approximate surface area is 189 Å². The molecule has 32 heavy (non-hydrogen) atoms. The molecule has 5 heteroatoms. The summed E-state index contributed by atoms with van der Waals surface area (Å²) in [5.41, 5.74) is 4.43. The molecule has 2 aliphatic rings. The second kappa shape index (κ2) is 9.29. The second-order valence-electron chi connectivity index (χ2n) is 8.89. The van der Waals surface area contributed by atoms with Crippen molar-refractivity contribution in [3.8, 4) is 16.9 Å². The predicted octanol–water partition coefficient (Wildman–Crippen LogP) is 4.87. The van der Waals surface area contributed by atoms with Crippen LogP contribution in [0.4, 0.5) is 0 Å². The van der Waals surface area contributed by atoms with Gasteiger partial charge < -0.3 is 14.4 Å². The van der Waals surface area contributed by atoms with Gasteiger partial charge in [0.25, 0.3) is 5.91 Å². The zero-order valence-electron chi connectivity index (χ0n) is 18.6. The average molecular weight is 431 g/mol. The van der Waals surface area contributed by atoms with Crippen LogP contribution in [0, 0.1) is 5.92 Å². The molecule has 0 unspecified atom stereocenters. The highest BCUT2D eigenvalue weighted by molar-refractivity contribution is 5.92. The van der Waals surface area contributed by atoms with Crippen LogP contribution >= 0.6 is 0 Å². The number of hydrogen-bond acceptors (Lipinski definition) is 4. The molecular weight excluding hydrogens is 400 g/mol. The number of amides is 1. The summed E-state index contributed by atoms with van der Waals surface area (Å²) in [5.74, 6) is 1.64. The van der Waals surface area contributed by atoms with Gasteiger partial charge in [0.05, 0.1) is 7.11 Å². The van der Waals surface area contributed by atoms with E-state index in [4.69, 9.17) is 9.47 Å². The van der Waals surface area contributed by atoms with Crippen LogP contribution in [0.5, 0.6) is 5.75 Å². The van der Waals surface area contributed by atoms with E-state index in [1.165, 1.54) is 5.56 Å². The number of carbonyl (C=O) groups is 1. The number of rotatable bonds is 5. The highest BCUT2D eigenvalue weighted by atomic mass is 16.5. The smallest absolute Gasteiger partial charge is 0.251 e. The SMILES string of the molecule is COc1c(-c2ccc(CC3CCN(C(=O)[C@H]4CCCO4)CC3)cc2)ccc2cccnc12. The third kappa shape index (κ3) is 4.22. The highest BCUT2D eigenvalue weighted by Crippen LogP contribution is 2.36. The number of ether oxygens (including phenoxy) is 2. The maximum absolute atomic E-state index is 12.6. The summed E-state index contributed by atoms with van der Waals surface area (Å²) in [5, 5.41) is 1.08. The molecule has 1 atom stereocenters. The summed E-state index contributed by atoms with van der Waals surface area (Å²) in [6.07, 6.45) is 6.67. The minimum Gasteiger partial charge on any atom is -0.494 e. The van der Waals surface area contributed by atoms with Crippen LogP contribution in [0.15, 0.2) is 54.7 Å². The molecule has 3 heterocycles. The Morgan fingerprint density at radius 2 is 1.91 bits per heavy atom. The molecule has 0 bridgehead atoms. The quantitative estimate of drug-likeness (QED) is 0.579. The summed E-state index contributed by atoms with van der Waals surface area (Å²) in [6, 6.07) is 17.0. The molecule has 5 nitrogen and oxygen atoms in total. The maximum atomic E-state index is 12.6. The van der Waals surface area contributed by atoms with E-state index in [1.54, 1.807) is 13.3 Å². The van der Waals surface area contributed by atoms with Crippen molar-refractivity contribution in [3.63, 3.8) is 0 Å². The zero-order chi connectivity index (χ0) is 21.9. The Balaban J connectivity index is 1.23. The van der Waals surface area contributed by atoms with E-state index in [2.05, 4.69) is 47.4 Å². The molecule has 1 amide bonds. The van der Waals surface area contributed by atoms with Crippen molar-refractivity contribution in [1.82, 2.24) is 9.88 Å². The number of benzene rings is 2. The third-order valence-corrected chi connectivity index (χ3v) is 6.85. The van der Waals surface area contributed by atoms with Gasteiger partial charge in [-0.3, -0.25) is 9.78 Å². The lowest BCUT2D eigenvalue weighted by atomic mass is 9.89. The first kappa shape index (κ1) is 21.0. The highest BCUT2D eigenvalue weighted by Gasteiger charge is 2.30. The molecule has 0 aliphatic carbocycles. The van der Waals surface area contributed by atoms with Crippen molar-refractivity contribution in [1.29, 1.82) is 0 Å². The lowest BCUT2D eigenvalue weighted by Crippen LogP contribution is -2.44. The lowest BCUT2D eigenvalue weighted by molar-refractivity contribution is -0.142. The maximum Gasteiger partial charge on any atom is 0.251 e. The molecule has 1 aromatic heterocycles. The van der Waals surface area contributed by atoms with Crippen molar-refractivity contribution in [2.75, 3.05) is 26.8 Å². The van der Waals surface area contributed by atoms with Gasteiger partial charge >= 0.3 is 0 Å². The van der Waals surface area contributed by atoms with Gasteiger partial charge in [-0.05, 0) is 61.3 Å². The predicted molar refractivity (Wildman–Crippen MR) is 126 cm³/mol. The second-order valence-corrected chi connectivity index (χ2v) is 8.89. The number of aromatic nitrogens is 1. The molecule has 3 aromatic rings. The van der Waals surface area contributed by atoms with E-state index in [9.17, 15) is 4.79 Å². The summed E-state index contributed by atoms with van der Waals surface area (Å²) in [4.78, 5) is 19.1. The van der Waals surface area contributed by atoms with Gasteiger partial charge in [-0.1, -0.05) is 36.4 Å². The summed E-state index contributed by atoms with van der Waals surface area (Å²) < 4.78 is 11.3. The Bertz CT molecular complexity index is 1080. The first-order valence-corrected chi connectivity index (χ1v) is 11.6. The van der Waals surface area contributed by atoms with Crippen LogP contribution < -0.4 is 4.74 Å². The number of piperidine rings is 1. The number of hydrogen-bond donors (Lipinski definition) is 0. The average Bonchev–Trinajstić information content (AvgIpc) is 3.39. The summed E-state index contributed by atoms with van der Waals surface area (Å²) in [6.45, 7) is 2.43. The normalized spacial score (nSPS) is 19.4. The van der Waals surface area contributed by atoms with E-state index < -0.39 is 0 Å². The van der Waals surface area contributed by atoms with E-state index in [-0.39, 0.29) is 12.0 Å². The summed E-state index contributed by atoms with van der Waals surface area (Å²) >= 11 is 0. The zero-order valence-corrected chi connectivity index (χ0v) is 18.6. The fourth-order valence-corrected chi connectivity index (χ4v) is 5.04. The van der Waals surface area contributed by atoms with E-state index in [0.29, 0.717) is 5.92 Å². The van der Waals surface area contributed by atoms with Crippen LogP contribution in [-0.4, -0.2) is 48.7 Å². The van der Waals surface area contributed by atoms with E-state index >= 15 is 0 Å². The van der Waals surface area contributed by atoms with Gasteiger partial charge in [-0.15, -0.1) is 0 Å². The molecule has 0 spiro atoms.